The Morgan fingerprint density at radius 1 is 0.594 bits per heavy atom. The number of hydrogen-bond donors (Lipinski definition) is 0. The van der Waals surface area contributed by atoms with Gasteiger partial charge in [-0.05, 0) is 51.4 Å². The average Bonchev–Trinajstić information content (AvgIpc) is 2.84. The molecule has 0 fully saturated rings. The summed E-state index contributed by atoms with van der Waals surface area (Å²) in [5.74, 6) is -0.778. The van der Waals surface area contributed by atoms with Crippen molar-refractivity contribution in [1.82, 2.24) is 0 Å². The van der Waals surface area contributed by atoms with Gasteiger partial charge in [-0.1, -0.05) is 60.7 Å². The molecule has 0 saturated carbocycles. The number of fused-ring (bicyclic) bond motifs is 2. The molecule has 0 aromatic heterocycles. The molecule has 0 N–H and O–H groups in total. The average molecular weight is 426 g/mol. The summed E-state index contributed by atoms with van der Waals surface area (Å²) in [7, 11) is 3.10. The van der Waals surface area contributed by atoms with Crippen LogP contribution in [0.2, 0.25) is 0 Å². The van der Waals surface area contributed by atoms with Gasteiger partial charge in [0.15, 0.2) is 11.6 Å². The molecule has 5 rings (SSSR count). The van der Waals surface area contributed by atoms with Crippen LogP contribution >= 0.6 is 0 Å². The SMILES string of the molecule is COc1ccc2ccccc2c1-c1cc(F)c(F)c(-c2c(OC)ccc3ccccc23)c1. The molecule has 4 heteroatoms. The van der Waals surface area contributed by atoms with Gasteiger partial charge in [0.2, 0.25) is 0 Å². The third-order valence-corrected chi connectivity index (χ3v) is 5.81. The van der Waals surface area contributed by atoms with Gasteiger partial charge in [0.25, 0.3) is 0 Å². The molecule has 0 unspecified atom stereocenters. The zero-order valence-electron chi connectivity index (χ0n) is 17.7. The summed E-state index contributed by atoms with van der Waals surface area (Å²) in [6.45, 7) is 0. The second kappa shape index (κ2) is 7.97. The predicted molar refractivity (Wildman–Crippen MR) is 125 cm³/mol. The van der Waals surface area contributed by atoms with Crippen LogP contribution in [0.15, 0.2) is 84.9 Å². The number of methoxy groups -OCH3 is 2. The summed E-state index contributed by atoms with van der Waals surface area (Å²) in [4.78, 5) is 0. The third kappa shape index (κ3) is 3.16. The van der Waals surface area contributed by atoms with Gasteiger partial charge in [0, 0.05) is 16.7 Å². The van der Waals surface area contributed by atoms with E-state index in [2.05, 4.69) is 0 Å². The van der Waals surface area contributed by atoms with Crippen molar-refractivity contribution in [2.24, 2.45) is 0 Å². The minimum Gasteiger partial charge on any atom is -0.496 e. The van der Waals surface area contributed by atoms with E-state index in [-0.39, 0.29) is 5.56 Å². The Labute approximate surface area is 184 Å². The molecule has 0 bridgehead atoms. The second-order valence-electron chi connectivity index (χ2n) is 7.55. The summed E-state index contributed by atoms with van der Waals surface area (Å²) in [6, 6.07) is 25.8. The van der Waals surface area contributed by atoms with Crippen LogP contribution in [0.1, 0.15) is 0 Å². The van der Waals surface area contributed by atoms with E-state index in [0.29, 0.717) is 28.2 Å². The molecule has 158 valence electrons. The van der Waals surface area contributed by atoms with Gasteiger partial charge in [-0.3, -0.25) is 0 Å². The van der Waals surface area contributed by atoms with Crippen molar-refractivity contribution in [1.29, 1.82) is 0 Å². The van der Waals surface area contributed by atoms with E-state index in [1.54, 1.807) is 19.2 Å². The molecule has 0 atom stereocenters. The van der Waals surface area contributed by atoms with Gasteiger partial charge in [0.05, 0.1) is 14.2 Å². The first-order valence-corrected chi connectivity index (χ1v) is 10.2. The number of rotatable bonds is 4. The first-order valence-electron chi connectivity index (χ1n) is 10.2. The lowest BCUT2D eigenvalue weighted by atomic mass is 9.91. The number of halogens is 2. The molecule has 0 spiro atoms. The molecule has 0 amide bonds. The summed E-state index contributed by atoms with van der Waals surface area (Å²) in [5.41, 5.74) is 1.90. The highest BCUT2D eigenvalue weighted by molar-refractivity contribution is 6.03. The smallest absolute Gasteiger partial charge is 0.166 e. The number of benzene rings is 5. The molecule has 0 heterocycles. The van der Waals surface area contributed by atoms with Crippen LogP contribution in [0.3, 0.4) is 0 Å². The molecular weight excluding hydrogens is 406 g/mol. The van der Waals surface area contributed by atoms with Crippen LogP contribution in [-0.4, -0.2) is 14.2 Å². The lowest BCUT2D eigenvalue weighted by molar-refractivity contribution is 0.416. The zero-order valence-corrected chi connectivity index (χ0v) is 17.7. The van der Waals surface area contributed by atoms with Gasteiger partial charge < -0.3 is 9.47 Å². The van der Waals surface area contributed by atoms with Crippen molar-refractivity contribution in [3.63, 3.8) is 0 Å². The van der Waals surface area contributed by atoms with Crippen molar-refractivity contribution in [2.75, 3.05) is 14.2 Å². The fraction of sp³-hybridized carbons (Fsp3) is 0.0714. The fourth-order valence-electron chi connectivity index (χ4n) is 4.33. The summed E-state index contributed by atoms with van der Waals surface area (Å²) < 4.78 is 41.4. The first kappa shape index (κ1) is 20.0. The molecule has 32 heavy (non-hydrogen) atoms. The van der Waals surface area contributed by atoms with Crippen LogP contribution in [-0.2, 0) is 0 Å². The van der Waals surface area contributed by atoms with E-state index in [9.17, 15) is 0 Å². The minimum absolute atomic E-state index is 0.142. The first-order chi connectivity index (χ1) is 15.6. The molecular formula is C28H20F2O2. The van der Waals surface area contributed by atoms with E-state index in [4.69, 9.17) is 9.47 Å². The van der Waals surface area contributed by atoms with Crippen molar-refractivity contribution in [2.45, 2.75) is 0 Å². The fourth-order valence-corrected chi connectivity index (χ4v) is 4.33. The Morgan fingerprint density at radius 2 is 1.12 bits per heavy atom. The maximum atomic E-state index is 15.3. The molecule has 0 aliphatic rings. The zero-order chi connectivity index (χ0) is 22.2. The highest BCUT2D eigenvalue weighted by Crippen LogP contribution is 2.43. The lowest BCUT2D eigenvalue weighted by Gasteiger charge is -2.17. The van der Waals surface area contributed by atoms with Crippen LogP contribution in [0.5, 0.6) is 11.5 Å². The Morgan fingerprint density at radius 3 is 1.72 bits per heavy atom. The summed E-state index contributed by atoms with van der Waals surface area (Å²) >= 11 is 0. The predicted octanol–water partition coefficient (Wildman–Crippen LogP) is 7.62. The molecule has 5 aromatic carbocycles. The van der Waals surface area contributed by atoms with Crippen molar-refractivity contribution < 1.29 is 18.3 Å². The molecule has 2 nitrogen and oxygen atoms in total. The highest BCUT2D eigenvalue weighted by Gasteiger charge is 2.21. The normalized spacial score (nSPS) is 11.1. The molecule has 0 aliphatic heterocycles. The largest absolute Gasteiger partial charge is 0.496 e. The van der Waals surface area contributed by atoms with Crippen LogP contribution in [0.25, 0.3) is 43.8 Å². The summed E-state index contributed by atoms with van der Waals surface area (Å²) in [5, 5.41) is 3.58. The monoisotopic (exact) mass is 426 g/mol. The van der Waals surface area contributed by atoms with Gasteiger partial charge >= 0.3 is 0 Å². The van der Waals surface area contributed by atoms with Gasteiger partial charge in [-0.25, -0.2) is 8.78 Å². The van der Waals surface area contributed by atoms with Crippen molar-refractivity contribution >= 4 is 21.5 Å². The Balaban J connectivity index is 1.87. The second-order valence-corrected chi connectivity index (χ2v) is 7.55. The highest BCUT2D eigenvalue weighted by atomic mass is 19.2. The quantitative estimate of drug-likeness (QED) is 0.294. The molecule has 0 radical (unpaired) electrons. The maximum absolute atomic E-state index is 15.3. The number of hydrogen-bond acceptors (Lipinski definition) is 2. The van der Waals surface area contributed by atoms with Crippen molar-refractivity contribution in [3.8, 4) is 33.8 Å². The van der Waals surface area contributed by atoms with E-state index >= 15 is 8.78 Å². The third-order valence-electron chi connectivity index (χ3n) is 5.81. The molecule has 0 aliphatic carbocycles. The Bertz CT molecular complexity index is 1470. The van der Waals surface area contributed by atoms with Gasteiger partial charge in [-0.2, -0.15) is 0 Å². The maximum Gasteiger partial charge on any atom is 0.166 e. The van der Waals surface area contributed by atoms with E-state index in [1.165, 1.54) is 13.2 Å². The Kier molecular flexibility index (Phi) is 4.98. The van der Waals surface area contributed by atoms with E-state index in [0.717, 1.165) is 21.5 Å². The standard InChI is InChI=1S/C28H20F2O2/c1-31-24-13-11-17-7-3-5-9-20(17)26(24)19-15-22(28(30)23(29)16-19)27-21-10-6-4-8-18(21)12-14-25(27)32-2/h3-16H,1-2H3. The van der Waals surface area contributed by atoms with Crippen LogP contribution < -0.4 is 9.47 Å². The topological polar surface area (TPSA) is 18.5 Å². The minimum atomic E-state index is -0.928. The van der Waals surface area contributed by atoms with Gasteiger partial charge in [-0.15, -0.1) is 0 Å². The molecule has 0 saturated heterocycles. The summed E-state index contributed by atoms with van der Waals surface area (Å²) in [6.07, 6.45) is 0. The number of ether oxygens (including phenoxy) is 2. The van der Waals surface area contributed by atoms with Crippen LogP contribution in [0.4, 0.5) is 8.78 Å². The van der Waals surface area contributed by atoms with Gasteiger partial charge in [0.1, 0.15) is 11.5 Å². The van der Waals surface area contributed by atoms with E-state index < -0.39 is 11.6 Å². The van der Waals surface area contributed by atoms with Crippen LogP contribution in [0, 0.1) is 11.6 Å². The molecule has 5 aromatic rings. The Hall–Kier alpha value is -3.92. The lowest BCUT2D eigenvalue weighted by Crippen LogP contribution is -1.97. The van der Waals surface area contributed by atoms with Crippen molar-refractivity contribution in [3.05, 3.63) is 96.6 Å². The van der Waals surface area contributed by atoms with E-state index in [1.807, 2.05) is 66.7 Å².